The minimum atomic E-state index is -0.282. The van der Waals surface area contributed by atoms with Gasteiger partial charge in [0.25, 0.3) is 5.91 Å². The molecule has 0 aliphatic heterocycles. The van der Waals surface area contributed by atoms with E-state index in [2.05, 4.69) is 15.3 Å². The fourth-order valence-electron chi connectivity index (χ4n) is 4.34. The third-order valence-corrected chi connectivity index (χ3v) is 5.71. The predicted octanol–water partition coefficient (Wildman–Crippen LogP) is 3.83. The van der Waals surface area contributed by atoms with Gasteiger partial charge in [-0.2, -0.15) is 0 Å². The number of benzene rings is 2. The van der Waals surface area contributed by atoms with Crippen molar-refractivity contribution in [2.45, 2.75) is 25.3 Å². The summed E-state index contributed by atoms with van der Waals surface area (Å²) < 4.78 is 5.37. The van der Waals surface area contributed by atoms with Crippen molar-refractivity contribution in [2.75, 3.05) is 7.11 Å². The minimum Gasteiger partial charge on any atom is -0.497 e. The number of nitrogens with one attached hydrogen (secondary N) is 3. The second-order valence-corrected chi connectivity index (χ2v) is 7.44. The normalized spacial score (nSPS) is 16.0. The molecule has 1 aliphatic rings. The lowest BCUT2D eigenvalue weighted by atomic mass is 9.91. The SMILES string of the molecule is COc1ccc2[nH]c3c(c2c1)CCCC3NC(=O)c1cc(=O)[nH]c2ccccc12. The molecule has 2 aromatic heterocycles. The first-order chi connectivity index (χ1) is 14.1. The number of hydrogen-bond donors (Lipinski definition) is 3. The highest BCUT2D eigenvalue weighted by Gasteiger charge is 2.26. The fraction of sp³-hybridized carbons (Fsp3) is 0.217. The van der Waals surface area contributed by atoms with Crippen molar-refractivity contribution in [3.63, 3.8) is 0 Å². The number of ether oxygens (including phenoxy) is 1. The number of H-pyrrole nitrogens is 2. The maximum Gasteiger partial charge on any atom is 0.252 e. The van der Waals surface area contributed by atoms with Crippen molar-refractivity contribution in [3.8, 4) is 5.75 Å². The van der Waals surface area contributed by atoms with Crippen LogP contribution in [0.1, 0.15) is 40.5 Å². The molecule has 0 bridgehead atoms. The largest absolute Gasteiger partial charge is 0.497 e. The lowest BCUT2D eigenvalue weighted by Crippen LogP contribution is -2.32. The molecule has 2 heterocycles. The molecule has 6 nitrogen and oxygen atoms in total. The van der Waals surface area contributed by atoms with E-state index >= 15 is 0 Å². The number of amides is 1. The average molecular weight is 387 g/mol. The lowest BCUT2D eigenvalue weighted by Gasteiger charge is -2.24. The summed E-state index contributed by atoms with van der Waals surface area (Å²) in [6.07, 6.45) is 2.80. The van der Waals surface area contributed by atoms with Crippen LogP contribution in [0.5, 0.6) is 5.75 Å². The molecule has 2 aromatic carbocycles. The molecule has 0 saturated heterocycles. The van der Waals surface area contributed by atoms with Crippen LogP contribution in [-0.4, -0.2) is 23.0 Å². The Morgan fingerprint density at radius 2 is 1.90 bits per heavy atom. The van der Waals surface area contributed by atoms with Gasteiger partial charge in [0, 0.05) is 33.6 Å². The Morgan fingerprint density at radius 1 is 1.07 bits per heavy atom. The van der Waals surface area contributed by atoms with Crippen molar-refractivity contribution in [1.82, 2.24) is 15.3 Å². The molecular formula is C23H21N3O3. The zero-order chi connectivity index (χ0) is 20.0. The van der Waals surface area contributed by atoms with Crippen LogP contribution in [0.2, 0.25) is 0 Å². The molecule has 1 amide bonds. The summed E-state index contributed by atoms with van der Waals surface area (Å²) in [6.45, 7) is 0. The van der Waals surface area contributed by atoms with E-state index in [1.54, 1.807) is 13.2 Å². The van der Waals surface area contributed by atoms with Crippen molar-refractivity contribution >= 4 is 27.7 Å². The molecule has 29 heavy (non-hydrogen) atoms. The standard InChI is InChI=1S/C23H21N3O3/c1-29-13-9-10-19-16(11-13)15-6-4-8-20(22(15)25-19)26-23(28)17-12-21(27)24-18-7-3-2-5-14(17)18/h2-3,5,7,9-12,20,25H,4,6,8H2,1H3,(H,24,27)(H,26,28). The van der Waals surface area contributed by atoms with E-state index in [9.17, 15) is 9.59 Å². The van der Waals surface area contributed by atoms with Gasteiger partial charge in [0.15, 0.2) is 0 Å². The zero-order valence-electron chi connectivity index (χ0n) is 16.0. The summed E-state index contributed by atoms with van der Waals surface area (Å²) in [5.74, 6) is 0.585. The van der Waals surface area contributed by atoms with Gasteiger partial charge in [-0.3, -0.25) is 9.59 Å². The highest BCUT2D eigenvalue weighted by Crippen LogP contribution is 2.36. The zero-order valence-corrected chi connectivity index (χ0v) is 16.0. The van der Waals surface area contributed by atoms with E-state index < -0.39 is 0 Å². The molecule has 1 unspecified atom stereocenters. The van der Waals surface area contributed by atoms with Crippen molar-refractivity contribution in [1.29, 1.82) is 0 Å². The number of para-hydroxylation sites is 1. The summed E-state index contributed by atoms with van der Waals surface area (Å²) in [6, 6.07) is 14.6. The molecule has 0 saturated carbocycles. The van der Waals surface area contributed by atoms with E-state index in [0.29, 0.717) is 11.1 Å². The summed E-state index contributed by atoms with van der Waals surface area (Å²) in [5, 5.41) is 5.02. The van der Waals surface area contributed by atoms with E-state index in [-0.39, 0.29) is 17.5 Å². The molecule has 6 heteroatoms. The van der Waals surface area contributed by atoms with Crippen molar-refractivity contribution in [3.05, 3.63) is 75.7 Å². The first-order valence-corrected chi connectivity index (χ1v) is 9.75. The van der Waals surface area contributed by atoms with Gasteiger partial charge >= 0.3 is 0 Å². The van der Waals surface area contributed by atoms with Gasteiger partial charge < -0.3 is 20.0 Å². The molecule has 0 spiro atoms. The van der Waals surface area contributed by atoms with Gasteiger partial charge in [-0.1, -0.05) is 18.2 Å². The fourth-order valence-corrected chi connectivity index (χ4v) is 4.34. The molecule has 146 valence electrons. The highest BCUT2D eigenvalue weighted by molar-refractivity contribution is 6.06. The number of aromatic nitrogens is 2. The molecule has 4 aromatic rings. The van der Waals surface area contributed by atoms with Crippen molar-refractivity contribution in [2.24, 2.45) is 0 Å². The Kier molecular flexibility index (Phi) is 4.12. The van der Waals surface area contributed by atoms with Crippen LogP contribution in [0.3, 0.4) is 0 Å². The third kappa shape index (κ3) is 2.97. The van der Waals surface area contributed by atoms with Gasteiger partial charge in [0.2, 0.25) is 5.56 Å². The molecule has 0 radical (unpaired) electrons. The number of hydrogen-bond acceptors (Lipinski definition) is 3. The van der Waals surface area contributed by atoms with Gasteiger partial charge in [0.05, 0.1) is 18.7 Å². The van der Waals surface area contributed by atoms with Gasteiger partial charge in [-0.05, 0) is 49.1 Å². The maximum absolute atomic E-state index is 13.1. The number of pyridine rings is 1. The third-order valence-electron chi connectivity index (χ3n) is 5.71. The molecule has 3 N–H and O–H groups in total. The van der Waals surface area contributed by atoms with Gasteiger partial charge in [0.1, 0.15) is 5.75 Å². The number of rotatable bonds is 3. The Morgan fingerprint density at radius 3 is 2.76 bits per heavy atom. The van der Waals surface area contributed by atoms with Crippen LogP contribution in [0, 0.1) is 0 Å². The second-order valence-electron chi connectivity index (χ2n) is 7.44. The van der Waals surface area contributed by atoms with Crippen LogP contribution in [0.15, 0.2) is 53.3 Å². The molecule has 5 rings (SSSR count). The average Bonchev–Trinajstić information content (AvgIpc) is 3.12. The number of fused-ring (bicyclic) bond motifs is 4. The summed E-state index contributed by atoms with van der Waals surface area (Å²) >= 11 is 0. The maximum atomic E-state index is 13.1. The van der Waals surface area contributed by atoms with Crippen LogP contribution in [-0.2, 0) is 6.42 Å². The Hall–Kier alpha value is -3.54. The Bertz CT molecular complexity index is 1300. The van der Waals surface area contributed by atoms with E-state index in [0.717, 1.165) is 47.0 Å². The van der Waals surface area contributed by atoms with Crippen LogP contribution in [0.25, 0.3) is 21.8 Å². The topological polar surface area (TPSA) is 87.0 Å². The van der Waals surface area contributed by atoms with Gasteiger partial charge in [-0.25, -0.2) is 0 Å². The number of aryl methyl sites for hydroxylation is 1. The summed E-state index contributed by atoms with van der Waals surface area (Å²) in [4.78, 5) is 31.4. The van der Waals surface area contributed by atoms with E-state index in [4.69, 9.17) is 4.74 Å². The molecular weight excluding hydrogens is 366 g/mol. The molecule has 1 aliphatic carbocycles. The smallest absolute Gasteiger partial charge is 0.252 e. The van der Waals surface area contributed by atoms with E-state index in [1.807, 2.05) is 36.4 Å². The molecule has 1 atom stereocenters. The Balaban J connectivity index is 1.53. The van der Waals surface area contributed by atoms with E-state index in [1.165, 1.54) is 11.6 Å². The quantitative estimate of drug-likeness (QED) is 0.499. The van der Waals surface area contributed by atoms with Crippen LogP contribution < -0.4 is 15.6 Å². The Labute approximate surface area is 166 Å². The van der Waals surface area contributed by atoms with Crippen LogP contribution >= 0.6 is 0 Å². The first kappa shape index (κ1) is 17.6. The first-order valence-electron chi connectivity index (χ1n) is 9.75. The second kappa shape index (κ2) is 6.81. The lowest BCUT2D eigenvalue weighted by molar-refractivity contribution is 0.0933. The number of carbonyl (C=O) groups excluding carboxylic acids is 1. The summed E-state index contributed by atoms with van der Waals surface area (Å²) in [7, 11) is 1.66. The predicted molar refractivity (Wildman–Crippen MR) is 113 cm³/mol. The van der Waals surface area contributed by atoms with Gasteiger partial charge in [-0.15, -0.1) is 0 Å². The highest BCUT2D eigenvalue weighted by atomic mass is 16.5. The number of carbonyl (C=O) groups is 1. The molecule has 0 fully saturated rings. The summed E-state index contributed by atoms with van der Waals surface area (Å²) in [5.41, 5.74) is 4.09. The monoisotopic (exact) mass is 387 g/mol. The van der Waals surface area contributed by atoms with Crippen LogP contribution in [0.4, 0.5) is 0 Å². The number of aromatic amines is 2. The minimum absolute atomic E-state index is 0.123. The number of methoxy groups -OCH3 is 1. The van der Waals surface area contributed by atoms with Crippen molar-refractivity contribution < 1.29 is 9.53 Å².